The van der Waals surface area contributed by atoms with E-state index in [0.29, 0.717) is 5.76 Å². The van der Waals surface area contributed by atoms with Crippen LogP contribution in [0.4, 0.5) is 0 Å². The fourth-order valence-corrected chi connectivity index (χ4v) is 0.978. The standard InChI is InChI=1S/C10H15NO2/c1-7-5-6-8(13-7)9(12)10(2,3)11-4/h5-6,11H,1-4H3. The molecule has 0 aliphatic heterocycles. The van der Waals surface area contributed by atoms with E-state index in [1.54, 1.807) is 19.2 Å². The summed E-state index contributed by atoms with van der Waals surface area (Å²) in [5.74, 6) is 1.15. The Hall–Kier alpha value is -1.09. The van der Waals surface area contributed by atoms with Gasteiger partial charge < -0.3 is 9.73 Å². The molecule has 1 aromatic rings. The zero-order valence-electron chi connectivity index (χ0n) is 8.47. The zero-order valence-corrected chi connectivity index (χ0v) is 8.47. The smallest absolute Gasteiger partial charge is 0.217 e. The van der Waals surface area contributed by atoms with Gasteiger partial charge in [0.05, 0.1) is 5.54 Å². The maximum absolute atomic E-state index is 11.8. The average Bonchev–Trinajstić information content (AvgIpc) is 2.50. The summed E-state index contributed by atoms with van der Waals surface area (Å²) in [6.07, 6.45) is 0. The molecule has 0 fully saturated rings. The van der Waals surface area contributed by atoms with Gasteiger partial charge in [-0.05, 0) is 40.0 Å². The summed E-state index contributed by atoms with van der Waals surface area (Å²) in [6.45, 7) is 5.48. The van der Waals surface area contributed by atoms with Gasteiger partial charge in [0, 0.05) is 0 Å². The van der Waals surface area contributed by atoms with E-state index < -0.39 is 5.54 Å². The Morgan fingerprint density at radius 2 is 2.08 bits per heavy atom. The highest BCUT2D eigenvalue weighted by Gasteiger charge is 2.28. The van der Waals surface area contributed by atoms with Crippen molar-refractivity contribution in [3.8, 4) is 0 Å². The van der Waals surface area contributed by atoms with Gasteiger partial charge in [0.1, 0.15) is 5.76 Å². The molecular weight excluding hydrogens is 166 g/mol. The third-order valence-corrected chi connectivity index (χ3v) is 2.16. The van der Waals surface area contributed by atoms with Crippen LogP contribution in [-0.4, -0.2) is 18.4 Å². The number of rotatable bonds is 3. The number of aryl methyl sites for hydroxylation is 1. The Labute approximate surface area is 78.1 Å². The van der Waals surface area contributed by atoms with Gasteiger partial charge >= 0.3 is 0 Å². The number of hydrogen-bond donors (Lipinski definition) is 1. The highest BCUT2D eigenvalue weighted by molar-refractivity contribution is 6.00. The Bertz CT molecular complexity index is 312. The molecule has 0 saturated heterocycles. The maximum Gasteiger partial charge on any atom is 0.217 e. The third kappa shape index (κ3) is 1.98. The third-order valence-electron chi connectivity index (χ3n) is 2.16. The minimum atomic E-state index is -0.565. The number of ketones is 1. The molecular formula is C10H15NO2. The fourth-order valence-electron chi connectivity index (χ4n) is 0.978. The highest BCUT2D eigenvalue weighted by atomic mass is 16.3. The van der Waals surface area contributed by atoms with Gasteiger partial charge in [-0.1, -0.05) is 0 Å². The summed E-state index contributed by atoms with van der Waals surface area (Å²) in [6, 6.07) is 3.50. The van der Waals surface area contributed by atoms with Gasteiger partial charge in [0.2, 0.25) is 5.78 Å². The summed E-state index contributed by atoms with van der Waals surface area (Å²) in [4.78, 5) is 11.8. The van der Waals surface area contributed by atoms with Crippen LogP contribution in [0.5, 0.6) is 0 Å². The predicted molar refractivity (Wildman–Crippen MR) is 50.9 cm³/mol. The van der Waals surface area contributed by atoms with Gasteiger partial charge in [-0.15, -0.1) is 0 Å². The molecule has 0 radical (unpaired) electrons. The van der Waals surface area contributed by atoms with Gasteiger partial charge in [0.15, 0.2) is 5.76 Å². The summed E-state index contributed by atoms with van der Waals surface area (Å²) in [7, 11) is 1.76. The number of carbonyl (C=O) groups is 1. The number of carbonyl (C=O) groups excluding carboxylic acids is 1. The first-order valence-corrected chi connectivity index (χ1v) is 4.27. The summed E-state index contributed by atoms with van der Waals surface area (Å²) < 4.78 is 5.24. The molecule has 3 heteroatoms. The van der Waals surface area contributed by atoms with Crippen LogP contribution in [0.2, 0.25) is 0 Å². The SMILES string of the molecule is CNC(C)(C)C(=O)c1ccc(C)o1. The quantitative estimate of drug-likeness (QED) is 0.722. The molecule has 0 atom stereocenters. The molecule has 1 aromatic heterocycles. The van der Waals surface area contributed by atoms with Crippen LogP contribution in [0, 0.1) is 6.92 Å². The van der Waals surface area contributed by atoms with Crippen LogP contribution >= 0.6 is 0 Å². The first kappa shape index (κ1) is 9.99. The second-order valence-electron chi connectivity index (χ2n) is 3.61. The molecule has 0 bridgehead atoms. The minimum Gasteiger partial charge on any atom is -0.458 e. The number of Topliss-reactive ketones (excluding diaryl/α,β-unsaturated/α-hetero) is 1. The molecule has 3 nitrogen and oxygen atoms in total. The van der Waals surface area contributed by atoms with Gasteiger partial charge in [-0.25, -0.2) is 0 Å². The molecule has 72 valence electrons. The van der Waals surface area contributed by atoms with Crippen molar-refractivity contribution in [3.63, 3.8) is 0 Å². The molecule has 0 unspecified atom stereocenters. The lowest BCUT2D eigenvalue weighted by molar-refractivity contribution is 0.0859. The summed E-state index contributed by atoms with van der Waals surface area (Å²) >= 11 is 0. The summed E-state index contributed by atoms with van der Waals surface area (Å²) in [5, 5.41) is 2.94. The first-order chi connectivity index (χ1) is 5.97. The van der Waals surface area contributed by atoms with Crippen LogP contribution in [0.15, 0.2) is 16.5 Å². The number of hydrogen-bond acceptors (Lipinski definition) is 3. The summed E-state index contributed by atoms with van der Waals surface area (Å²) in [5.41, 5.74) is -0.565. The topological polar surface area (TPSA) is 42.2 Å². The molecule has 0 saturated carbocycles. The molecule has 0 aromatic carbocycles. The monoisotopic (exact) mass is 181 g/mol. The molecule has 1 rings (SSSR count). The number of nitrogens with one attached hydrogen (secondary N) is 1. The normalized spacial score (nSPS) is 11.7. The Morgan fingerprint density at radius 3 is 2.46 bits per heavy atom. The zero-order chi connectivity index (χ0) is 10.1. The van der Waals surface area contributed by atoms with E-state index in [-0.39, 0.29) is 5.78 Å². The van der Waals surface area contributed by atoms with Crippen LogP contribution < -0.4 is 5.32 Å². The first-order valence-electron chi connectivity index (χ1n) is 4.27. The maximum atomic E-state index is 11.8. The lowest BCUT2D eigenvalue weighted by Gasteiger charge is -2.20. The highest BCUT2D eigenvalue weighted by Crippen LogP contribution is 2.14. The fraction of sp³-hybridized carbons (Fsp3) is 0.500. The molecule has 13 heavy (non-hydrogen) atoms. The average molecular weight is 181 g/mol. The number of likely N-dealkylation sites (N-methyl/N-ethyl adjacent to an activating group) is 1. The Balaban J connectivity index is 2.91. The molecule has 0 spiro atoms. The van der Waals surface area contributed by atoms with Crippen molar-refractivity contribution in [1.29, 1.82) is 0 Å². The van der Waals surface area contributed by atoms with Crippen molar-refractivity contribution in [2.24, 2.45) is 0 Å². The van der Waals surface area contributed by atoms with Crippen LogP contribution in [0.3, 0.4) is 0 Å². The van der Waals surface area contributed by atoms with Crippen LogP contribution in [0.1, 0.15) is 30.2 Å². The molecule has 0 amide bonds. The van der Waals surface area contributed by atoms with Gasteiger partial charge in [-0.3, -0.25) is 4.79 Å². The molecule has 0 aliphatic rings. The largest absolute Gasteiger partial charge is 0.458 e. The minimum absolute atomic E-state index is 0.0249. The second-order valence-corrected chi connectivity index (χ2v) is 3.61. The van der Waals surface area contributed by atoms with E-state index in [2.05, 4.69) is 5.32 Å². The van der Waals surface area contributed by atoms with Crippen molar-refractivity contribution in [2.45, 2.75) is 26.3 Å². The van der Waals surface area contributed by atoms with E-state index in [1.165, 1.54) is 0 Å². The van der Waals surface area contributed by atoms with E-state index in [1.807, 2.05) is 20.8 Å². The van der Waals surface area contributed by atoms with Crippen molar-refractivity contribution in [1.82, 2.24) is 5.32 Å². The lowest BCUT2D eigenvalue weighted by atomic mass is 9.98. The Morgan fingerprint density at radius 1 is 1.46 bits per heavy atom. The molecule has 0 aliphatic carbocycles. The van der Waals surface area contributed by atoms with Crippen molar-refractivity contribution in [3.05, 3.63) is 23.7 Å². The van der Waals surface area contributed by atoms with Crippen molar-refractivity contribution in [2.75, 3.05) is 7.05 Å². The van der Waals surface area contributed by atoms with E-state index >= 15 is 0 Å². The lowest BCUT2D eigenvalue weighted by Crippen LogP contribution is -2.44. The Kier molecular flexibility index (Phi) is 2.57. The van der Waals surface area contributed by atoms with E-state index in [0.717, 1.165) is 5.76 Å². The van der Waals surface area contributed by atoms with E-state index in [4.69, 9.17) is 4.42 Å². The number of furan rings is 1. The van der Waals surface area contributed by atoms with Gasteiger partial charge in [-0.2, -0.15) is 0 Å². The van der Waals surface area contributed by atoms with Gasteiger partial charge in [0.25, 0.3) is 0 Å². The molecule has 1 heterocycles. The van der Waals surface area contributed by atoms with Crippen LogP contribution in [0.25, 0.3) is 0 Å². The second kappa shape index (κ2) is 3.34. The van der Waals surface area contributed by atoms with Crippen LogP contribution in [-0.2, 0) is 0 Å². The van der Waals surface area contributed by atoms with E-state index in [9.17, 15) is 4.79 Å². The predicted octanol–water partition coefficient (Wildman–Crippen LogP) is 1.77. The molecule has 1 N–H and O–H groups in total. The van der Waals surface area contributed by atoms with Crippen molar-refractivity contribution < 1.29 is 9.21 Å². The van der Waals surface area contributed by atoms with Crippen molar-refractivity contribution >= 4 is 5.78 Å².